The van der Waals surface area contributed by atoms with E-state index in [1.54, 1.807) is 18.2 Å². The van der Waals surface area contributed by atoms with E-state index < -0.39 is 0 Å². The predicted octanol–water partition coefficient (Wildman–Crippen LogP) is 3.55. The van der Waals surface area contributed by atoms with Gasteiger partial charge in [0.15, 0.2) is 0 Å². The Hall–Kier alpha value is -2.66. The van der Waals surface area contributed by atoms with Gasteiger partial charge < -0.3 is 15.0 Å². The first-order chi connectivity index (χ1) is 12.6. The Kier molecular flexibility index (Phi) is 6.02. The molecule has 4 nitrogen and oxygen atoms in total. The van der Waals surface area contributed by atoms with Gasteiger partial charge in [0.2, 0.25) is 5.91 Å². The molecule has 2 aromatic rings. The van der Waals surface area contributed by atoms with Crippen molar-refractivity contribution < 1.29 is 13.9 Å². The van der Waals surface area contributed by atoms with Crippen molar-refractivity contribution in [1.29, 1.82) is 0 Å². The number of hydrogen-bond acceptors (Lipinski definition) is 3. The predicted molar refractivity (Wildman–Crippen MR) is 101 cm³/mol. The summed E-state index contributed by atoms with van der Waals surface area (Å²) in [4.78, 5) is 14.4. The van der Waals surface area contributed by atoms with Crippen LogP contribution in [-0.2, 0) is 9.53 Å². The van der Waals surface area contributed by atoms with E-state index in [0.717, 1.165) is 37.6 Å². The first kappa shape index (κ1) is 18.1. The summed E-state index contributed by atoms with van der Waals surface area (Å²) >= 11 is 0. The smallest absolute Gasteiger partial charge is 0.244 e. The zero-order valence-corrected chi connectivity index (χ0v) is 14.8. The molecule has 2 aromatic carbocycles. The van der Waals surface area contributed by atoms with Crippen molar-refractivity contribution in [2.45, 2.75) is 13.0 Å². The standard InChI is InChI=1S/C21H23FN2O2/c1-16(23-21(25)10-9-17-5-2-3-8-20(17)22)18-6-4-7-19(15-18)24-11-13-26-14-12-24/h2-10,15-16H,11-14H2,1H3,(H,23,25)/b10-9+/t16-/m0/s1. The molecule has 1 heterocycles. The minimum absolute atomic E-state index is 0.145. The topological polar surface area (TPSA) is 41.6 Å². The lowest BCUT2D eigenvalue weighted by Gasteiger charge is -2.29. The van der Waals surface area contributed by atoms with E-state index in [1.807, 2.05) is 19.1 Å². The van der Waals surface area contributed by atoms with Gasteiger partial charge in [-0.3, -0.25) is 4.79 Å². The number of hydrogen-bond donors (Lipinski definition) is 1. The van der Waals surface area contributed by atoms with Gasteiger partial charge in [-0.1, -0.05) is 30.3 Å². The van der Waals surface area contributed by atoms with Crippen molar-refractivity contribution in [2.75, 3.05) is 31.2 Å². The van der Waals surface area contributed by atoms with Crippen molar-refractivity contribution in [1.82, 2.24) is 5.32 Å². The van der Waals surface area contributed by atoms with Crippen LogP contribution in [-0.4, -0.2) is 32.2 Å². The quantitative estimate of drug-likeness (QED) is 0.835. The van der Waals surface area contributed by atoms with E-state index in [1.165, 1.54) is 18.2 Å². The minimum atomic E-state index is -0.345. The third kappa shape index (κ3) is 4.70. The molecule has 136 valence electrons. The van der Waals surface area contributed by atoms with Crippen LogP contribution in [0.4, 0.5) is 10.1 Å². The molecular formula is C21H23FN2O2. The van der Waals surface area contributed by atoms with E-state index in [-0.39, 0.29) is 17.8 Å². The molecule has 1 aliphatic rings. The highest BCUT2D eigenvalue weighted by Gasteiger charge is 2.13. The van der Waals surface area contributed by atoms with Crippen LogP contribution < -0.4 is 10.2 Å². The molecule has 0 aliphatic carbocycles. The van der Waals surface area contributed by atoms with Gasteiger partial charge in [0.05, 0.1) is 19.3 Å². The van der Waals surface area contributed by atoms with Gasteiger partial charge in [-0.15, -0.1) is 0 Å². The molecule has 1 N–H and O–H groups in total. The molecule has 1 amide bonds. The van der Waals surface area contributed by atoms with E-state index in [0.29, 0.717) is 5.56 Å². The van der Waals surface area contributed by atoms with Crippen LogP contribution in [0.3, 0.4) is 0 Å². The van der Waals surface area contributed by atoms with E-state index in [9.17, 15) is 9.18 Å². The summed E-state index contributed by atoms with van der Waals surface area (Å²) < 4.78 is 19.0. The van der Waals surface area contributed by atoms with Crippen LogP contribution in [0.15, 0.2) is 54.6 Å². The molecule has 0 aromatic heterocycles. The molecule has 0 saturated carbocycles. The first-order valence-corrected chi connectivity index (χ1v) is 8.79. The second-order valence-corrected chi connectivity index (χ2v) is 6.28. The molecule has 5 heteroatoms. The van der Waals surface area contributed by atoms with Gasteiger partial charge in [-0.25, -0.2) is 4.39 Å². The highest BCUT2D eigenvalue weighted by atomic mass is 19.1. The molecule has 0 spiro atoms. The van der Waals surface area contributed by atoms with Gasteiger partial charge >= 0.3 is 0 Å². The van der Waals surface area contributed by atoms with Gasteiger partial charge in [0, 0.05) is 30.4 Å². The fraction of sp³-hybridized carbons (Fsp3) is 0.286. The fourth-order valence-corrected chi connectivity index (χ4v) is 2.93. The molecule has 0 bridgehead atoms. The van der Waals surface area contributed by atoms with Crippen LogP contribution in [0.2, 0.25) is 0 Å². The summed E-state index contributed by atoms with van der Waals surface area (Å²) in [6.45, 7) is 5.15. The van der Waals surface area contributed by atoms with Crippen molar-refractivity contribution in [3.05, 3.63) is 71.6 Å². The van der Waals surface area contributed by atoms with Crippen molar-refractivity contribution in [2.24, 2.45) is 0 Å². The average Bonchev–Trinajstić information content (AvgIpc) is 2.68. The summed E-state index contributed by atoms with van der Waals surface area (Å²) in [6, 6.07) is 14.4. The number of nitrogens with zero attached hydrogens (tertiary/aromatic N) is 1. The lowest BCUT2D eigenvalue weighted by molar-refractivity contribution is -0.117. The van der Waals surface area contributed by atoms with Gasteiger partial charge in [0.1, 0.15) is 5.82 Å². The Bertz CT molecular complexity index is 785. The van der Waals surface area contributed by atoms with Crippen LogP contribution in [0.25, 0.3) is 6.08 Å². The molecule has 1 atom stereocenters. The Morgan fingerprint density at radius 2 is 1.96 bits per heavy atom. The lowest BCUT2D eigenvalue weighted by atomic mass is 10.1. The number of ether oxygens (including phenoxy) is 1. The number of carbonyl (C=O) groups is 1. The lowest BCUT2D eigenvalue weighted by Crippen LogP contribution is -2.36. The van der Waals surface area contributed by atoms with Crippen LogP contribution >= 0.6 is 0 Å². The van der Waals surface area contributed by atoms with E-state index >= 15 is 0 Å². The Labute approximate surface area is 153 Å². The molecule has 1 aliphatic heterocycles. The first-order valence-electron chi connectivity index (χ1n) is 8.79. The SMILES string of the molecule is C[C@H](NC(=O)/C=C/c1ccccc1F)c1cccc(N2CCOCC2)c1. The van der Waals surface area contributed by atoms with E-state index in [2.05, 4.69) is 22.3 Å². The fourth-order valence-electron chi connectivity index (χ4n) is 2.93. The number of amides is 1. The second-order valence-electron chi connectivity index (χ2n) is 6.28. The van der Waals surface area contributed by atoms with Crippen molar-refractivity contribution in [3.8, 4) is 0 Å². The average molecular weight is 354 g/mol. The number of morpholine rings is 1. The normalized spacial score (nSPS) is 15.8. The number of benzene rings is 2. The molecule has 0 radical (unpaired) electrons. The maximum absolute atomic E-state index is 13.6. The van der Waals surface area contributed by atoms with Crippen molar-refractivity contribution in [3.63, 3.8) is 0 Å². The van der Waals surface area contributed by atoms with Crippen molar-refractivity contribution >= 4 is 17.7 Å². The van der Waals surface area contributed by atoms with Gasteiger partial charge in [-0.2, -0.15) is 0 Å². The molecule has 1 fully saturated rings. The number of rotatable bonds is 5. The number of carbonyl (C=O) groups excluding carboxylic acids is 1. The van der Waals surface area contributed by atoms with Crippen LogP contribution in [0.5, 0.6) is 0 Å². The maximum atomic E-state index is 13.6. The maximum Gasteiger partial charge on any atom is 0.244 e. The highest BCUT2D eigenvalue weighted by Crippen LogP contribution is 2.21. The monoisotopic (exact) mass is 354 g/mol. The van der Waals surface area contributed by atoms with E-state index in [4.69, 9.17) is 4.74 Å². The van der Waals surface area contributed by atoms with Crippen LogP contribution in [0.1, 0.15) is 24.1 Å². The highest BCUT2D eigenvalue weighted by molar-refractivity contribution is 5.92. The largest absolute Gasteiger partial charge is 0.378 e. The summed E-state index contributed by atoms with van der Waals surface area (Å²) in [7, 11) is 0. The summed E-state index contributed by atoms with van der Waals surface area (Å²) in [5.41, 5.74) is 2.56. The zero-order chi connectivity index (χ0) is 18.4. The molecule has 26 heavy (non-hydrogen) atoms. The molecule has 0 unspecified atom stereocenters. The second kappa shape index (κ2) is 8.63. The Morgan fingerprint density at radius 3 is 2.73 bits per heavy atom. The summed E-state index contributed by atoms with van der Waals surface area (Å²) in [5.74, 6) is -0.597. The Morgan fingerprint density at radius 1 is 1.19 bits per heavy atom. The number of anilines is 1. The number of nitrogens with one attached hydrogen (secondary N) is 1. The zero-order valence-electron chi connectivity index (χ0n) is 14.8. The molecular weight excluding hydrogens is 331 g/mol. The van der Waals surface area contributed by atoms with Gasteiger partial charge in [0.25, 0.3) is 0 Å². The van der Waals surface area contributed by atoms with Gasteiger partial charge in [-0.05, 0) is 36.8 Å². The summed E-state index contributed by atoms with van der Waals surface area (Å²) in [5, 5.41) is 2.92. The third-order valence-corrected chi connectivity index (χ3v) is 4.42. The third-order valence-electron chi connectivity index (χ3n) is 4.42. The Balaban J connectivity index is 1.63. The molecule has 1 saturated heterocycles. The summed E-state index contributed by atoms with van der Waals surface area (Å²) in [6.07, 6.45) is 2.85. The van der Waals surface area contributed by atoms with Crippen LogP contribution in [0, 0.1) is 5.82 Å². The molecule has 3 rings (SSSR count). The minimum Gasteiger partial charge on any atom is -0.378 e. The number of halogens is 1.